The zero-order valence-electron chi connectivity index (χ0n) is 10.5. The first-order valence-corrected chi connectivity index (χ1v) is 6.77. The van der Waals surface area contributed by atoms with Crippen LogP contribution >= 0.6 is 11.6 Å². The highest BCUT2D eigenvalue weighted by Crippen LogP contribution is 2.26. The average Bonchev–Trinajstić information content (AvgIpc) is 2.86. The first-order chi connectivity index (χ1) is 9.28. The van der Waals surface area contributed by atoms with Crippen LogP contribution in [0.4, 0.5) is 5.82 Å². The molecule has 2 aliphatic heterocycles. The van der Waals surface area contributed by atoms with Crippen LogP contribution in [-0.4, -0.2) is 35.6 Å². The number of anilines is 1. The van der Waals surface area contributed by atoms with Gasteiger partial charge >= 0.3 is 0 Å². The number of aromatic nitrogens is 2. The number of nitriles is 1. The van der Waals surface area contributed by atoms with Gasteiger partial charge in [0, 0.05) is 44.3 Å². The molecular weight excluding hydrogens is 264 g/mol. The van der Waals surface area contributed by atoms with E-state index in [4.69, 9.17) is 16.9 Å². The highest BCUT2D eigenvalue weighted by atomic mass is 35.5. The number of fused-ring (bicyclic) bond motifs is 1. The summed E-state index contributed by atoms with van der Waals surface area (Å²) in [6.07, 6.45) is 0.510. The Bertz CT molecular complexity index is 526. The van der Waals surface area contributed by atoms with Gasteiger partial charge in [-0.15, -0.1) is 0 Å². The molecule has 1 aromatic rings. The third-order valence-electron chi connectivity index (χ3n) is 3.53. The average molecular weight is 279 g/mol. The van der Waals surface area contributed by atoms with E-state index in [1.54, 1.807) is 0 Å². The van der Waals surface area contributed by atoms with Gasteiger partial charge in [0.15, 0.2) is 0 Å². The van der Waals surface area contributed by atoms with Crippen molar-refractivity contribution < 1.29 is 0 Å². The highest BCUT2D eigenvalue weighted by Gasteiger charge is 2.26. The topological polar surface area (TPSA) is 76.9 Å². The largest absolute Gasteiger partial charge is 0.353 e. The molecule has 3 heterocycles. The van der Waals surface area contributed by atoms with E-state index in [1.807, 2.05) is 0 Å². The molecule has 1 saturated heterocycles. The van der Waals surface area contributed by atoms with Crippen molar-refractivity contribution in [1.29, 1.82) is 5.26 Å². The SMILES string of the molecule is N#CC[C@H]1CN(c2nc(Cl)nc3c2CNC3)CCN1. The Balaban J connectivity index is 1.88. The van der Waals surface area contributed by atoms with Gasteiger partial charge < -0.3 is 15.5 Å². The van der Waals surface area contributed by atoms with Crippen LogP contribution in [0.5, 0.6) is 0 Å². The van der Waals surface area contributed by atoms with Crippen molar-refractivity contribution in [1.82, 2.24) is 20.6 Å². The van der Waals surface area contributed by atoms with Crippen molar-refractivity contribution in [3.63, 3.8) is 0 Å². The van der Waals surface area contributed by atoms with E-state index in [0.717, 1.165) is 49.8 Å². The van der Waals surface area contributed by atoms with Gasteiger partial charge in [0.2, 0.25) is 5.28 Å². The summed E-state index contributed by atoms with van der Waals surface area (Å²) < 4.78 is 0. The molecule has 0 unspecified atom stereocenters. The van der Waals surface area contributed by atoms with Crippen LogP contribution in [0.1, 0.15) is 17.7 Å². The molecule has 0 amide bonds. The zero-order valence-corrected chi connectivity index (χ0v) is 11.2. The van der Waals surface area contributed by atoms with Gasteiger partial charge in [-0.1, -0.05) is 0 Å². The summed E-state index contributed by atoms with van der Waals surface area (Å²) in [6.45, 7) is 4.05. The third-order valence-corrected chi connectivity index (χ3v) is 3.70. The van der Waals surface area contributed by atoms with Crippen LogP contribution in [0.3, 0.4) is 0 Å². The first kappa shape index (κ1) is 12.6. The fraction of sp³-hybridized carbons (Fsp3) is 0.583. The number of hydrogen-bond donors (Lipinski definition) is 2. The van der Waals surface area contributed by atoms with E-state index in [2.05, 4.69) is 31.6 Å². The maximum Gasteiger partial charge on any atom is 0.224 e. The van der Waals surface area contributed by atoms with Crippen molar-refractivity contribution in [2.24, 2.45) is 0 Å². The maximum atomic E-state index is 8.81. The molecule has 0 bridgehead atoms. The summed E-state index contributed by atoms with van der Waals surface area (Å²) in [6, 6.07) is 2.40. The van der Waals surface area contributed by atoms with Gasteiger partial charge in [0.25, 0.3) is 0 Å². The van der Waals surface area contributed by atoms with E-state index >= 15 is 0 Å². The van der Waals surface area contributed by atoms with Gasteiger partial charge in [-0.25, -0.2) is 9.97 Å². The predicted molar refractivity (Wildman–Crippen MR) is 71.8 cm³/mol. The Kier molecular flexibility index (Phi) is 3.51. The standard InChI is InChI=1S/C12H15ClN6/c13-12-17-10-6-15-5-9(10)11(18-12)19-4-3-16-8(7-19)1-2-14/h8,15-16H,1,3-7H2/t8-/m0/s1. The van der Waals surface area contributed by atoms with Gasteiger partial charge in [-0.3, -0.25) is 0 Å². The molecule has 1 atom stereocenters. The molecule has 0 radical (unpaired) electrons. The molecule has 7 heteroatoms. The van der Waals surface area contributed by atoms with Crippen LogP contribution in [0.15, 0.2) is 0 Å². The van der Waals surface area contributed by atoms with E-state index in [1.165, 1.54) is 0 Å². The lowest BCUT2D eigenvalue weighted by molar-refractivity contribution is 0.459. The van der Waals surface area contributed by atoms with Crippen molar-refractivity contribution >= 4 is 17.4 Å². The number of piperazine rings is 1. The Labute approximate surface area is 116 Å². The second-order valence-corrected chi connectivity index (χ2v) is 5.14. The summed E-state index contributed by atoms with van der Waals surface area (Å²) in [7, 11) is 0. The molecule has 2 N–H and O–H groups in total. The van der Waals surface area contributed by atoms with Crippen LogP contribution in [0.25, 0.3) is 0 Å². The molecule has 3 rings (SSSR count). The summed E-state index contributed by atoms with van der Waals surface area (Å²) in [5.74, 6) is 0.921. The molecule has 1 aromatic heterocycles. The molecule has 2 aliphatic rings. The van der Waals surface area contributed by atoms with E-state index in [-0.39, 0.29) is 6.04 Å². The Morgan fingerprint density at radius 2 is 2.32 bits per heavy atom. The van der Waals surface area contributed by atoms with Crippen molar-refractivity contribution in [3.8, 4) is 6.07 Å². The molecule has 19 heavy (non-hydrogen) atoms. The molecule has 0 saturated carbocycles. The summed E-state index contributed by atoms with van der Waals surface area (Å²) in [4.78, 5) is 10.9. The number of rotatable bonds is 2. The second-order valence-electron chi connectivity index (χ2n) is 4.80. The highest BCUT2D eigenvalue weighted by molar-refractivity contribution is 6.28. The molecule has 0 spiro atoms. The number of nitrogens with zero attached hydrogens (tertiary/aromatic N) is 4. The monoisotopic (exact) mass is 278 g/mol. The minimum Gasteiger partial charge on any atom is -0.353 e. The number of halogens is 1. The minimum atomic E-state index is 0.192. The zero-order chi connectivity index (χ0) is 13.2. The van der Waals surface area contributed by atoms with Gasteiger partial charge in [0.1, 0.15) is 5.82 Å². The number of nitrogens with one attached hydrogen (secondary N) is 2. The predicted octanol–water partition coefficient (Wildman–Crippen LogP) is 0.425. The lowest BCUT2D eigenvalue weighted by atomic mass is 10.1. The smallest absolute Gasteiger partial charge is 0.224 e. The Morgan fingerprint density at radius 1 is 1.42 bits per heavy atom. The van der Waals surface area contributed by atoms with Crippen LogP contribution in [0.2, 0.25) is 5.28 Å². The fourth-order valence-electron chi connectivity index (χ4n) is 2.65. The van der Waals surface area contributed by atoms with Gasteiger partial charge in [-0.2, -0.15) is 5.26 Å². The third kappa shape index (κ3) is 2.50. The Hall–Kier alpha value is -1.42. The maximum absolute atomic E-state index is 8.81. The summed E-state index contributed by atoms with van der Waals surface area (Å²) in [5.41, 5.74) is 2.13. The quantitative estimate of drug-likeness (QED) is 0.764. The summed E-state index contributed by atoms with van der Waals surface area (Å²) >= 11 is 6.00. The van der Waals surface area contributed by atoms with E-state index < -0.39 is 0 Å². The molecule has 100 valence electrons. The molecular formula is C12H15ClN6. The fourth-order valence-corrected chi connectivity index (χ4v) is 2.83. The minimum absolute atomic E-state index is 0.192. The van der Waals surface area contributed by atoms with Gasteiger partial charge in [0.05, 0.1) is 18.2 Å². The lowest BCUT2D eigenvalue weighted by Crippen LogP contribution is -2.51. The Morgan fingerprint density at radius 3 is 3.16 bits per heavy atom. The van der Waals surface area contributed by atoms with Crippen LogP contribution in [-0.2, 0) is 13.1 Å². The molecule has 0 aliphatic carbocycles. The molecule has 1 fully saturated rings. The van der Waals surface area contributed by atoms with Crippen molar-refractivity contribution in [2.45, 2.75) is 25.6 Å². The normalized spacial score (nSPS) is 22.1. The van der Waals surface area contributed by atoms with Crippen molar-refractivity contribution in [3.05, 3.63) is 16.5 Å². The first-order valence-electron chi connectivity index (χ1n) is 6.39. The van der Waals surface area contributed by atoms with Crippen LogP contribution in [0, 0.1) is 11.3 Å². The molecule has 6 nitrogen and oxygen atoms in total. The van der Waals surface area contributed by atoms with E-state index in [0.29, 0.717) is 11.7 Å². The van der Waals surface area contributed by atoms with Crippen LogP contribution < -0.4 is 15.5 Å². The molecule has 0 aromatic carbocycles. The lowest BCUT2D eigenvalue weighted by Gasteiger charge is -2.34. The second kappa shape index (κ2) is 5.29. The van der Waals surface area contributed by atoms with Gasteiger partial charge in [-0.05, 0) is 11.6 Å². The van der Waals surface area contributed by atoms with Crippen molar-refractivity contribution in [2.75, 3.05) is 24.5 Å². The summed E-state index contributed by atoms with van der Waals surface area (Å²) in [5, 5.41) is 15.7. The number of hydrogen-bond acceptors (Lipinski definition) is 6. The van der Waals surface area contributed by atoms with E-state index in [9.17, 15) is 0 Å².